The van der Waals surface area contributed by atoms with Gasteiger partial charge < -0.3 is 10.1 Å². The third kappa shape index (κ3) is 4.51. The maximum atomic E-state index is 12.2. The number of esters is 1. The van der Waals surface area contributed by atoms with Gasteiger partial charge in [0.15, 0.2) is 6.61 Å². The second-order valence-electron chi connectivity index (χ2n) is 6.47. The van der Waals surface area contributed by atoms with Crippen LogP contribution in [0.5, 0.6) is 0 Å². The predicted octanol–water partition coefficient (Wildman–Crippen LogP) is 4.03. The molecule has 1 N–H and O–H groups in total. The first-order valence-electron chi connectivity index (χ1n) is 8.78. The maximum Gasteiger partial charge on any atom is 0.348 e. The Morgan fingerprint density at radius 2 is 2.04 bits per heavy atom. The largest absolute Gasteiger partial charge is 0.451 e. The molecule has 2 aromatic rings. The highest BCUT2D eigenvalue weighted by Crippen LogP contribution is 2.30. The third-order valence-corrected chi connectivity index (χ3v) is 5.71. The van der Waals surface area contributed by atoms with Crippen LogP contribution in [0.4, 0.5) is 11.4 Å². The lowest BCUT2D eigenvalue weighted by molar-refractivity contribution is -0.384. The van der Waals surface area contributed by atoms with E-state index >= 15 is 0 Å². The molecule has 0 bridgehead atoms. The molecule has 0 unspecified atom stereocenters. The molecule has 1 amide bonds. The number of amides is 1. The summed E-state index contributed by atoms with van der Waals surface area (Å²) in [5, 5.41) is 13.6. The van der Waals surface area contributed by atoms with Crippen LogP contribution in [-0.4, -0.2) is 23.4 Å². The van der Waals surface area contributed by atoms with Crippen LogP contribution in [-0.2, 0) is 22.4 Å². The molecule has 0 atom stereocenters. The normalized spacial score (nSPS) is 13.4. The van der Waals surface area contributed by atoms with E-state index in [1.54, 1.807) is 19.1 Å². The first-order valence-corrected chi connectivity index (χ1v) is 9.60. The van der Waals surface area contributed by atoms with Crippen molar-refractivity contribution in [2.75, 3.05) is 11.9 Å². The van der Waals surface area contributed by atoms with E-state index in [0.29, 0.717) is 10.4 Å². The molecule has 1 aliphatic carbocycles. The fourth-order valence-electron chi connectivity index (χ4n) is 3.11. The Balaban J connectivity index is 1.61. The summed E-state index contributed by atoms with van der Waals surface area (Å²) < 4.78 is 5.10. The van der Waals surface area contributed by atoms with Crippen LogP contribution in [0.1, 0.15) is 44.9 Å². The van der Waals surface area contributed by atoms with Crippen molar-refractivity contribution in [2.45, 2.75) is 39.0 Å². The zero-order valence-corrected chi connectivity index (χ0v) is 15.8. The van der Waals surface area contributed by atoms with Crippen LogP contribution in [0.25, 0.3) is 0 Å². The number of aryl methyl sites for hydroxylation is 3. The highest BCUT2D eigenvalue weighted by molar-refractivity contribution is 7.14. The van der Waals surface area contributed by atoms with E-state index in [4.69, 9.17) is 4.74 Å². The lowest BCUT2D eigenvalue weighted by Crippen LogP contribution is -2.21. The molecule has 142 valence electrons. The number of nitro groups is 1. The molecule has 1 aliphatic rings. The van der Waals surface area contributed by atoms with Gasteiger partial charge in [0.25, 0.3) is 11.6 Å². The van der Waals surface area contributed by atoms with Gasteiger partial charge in [0, 0.05) is 10.9 Å². The number of hydrogen-bond donors (Lipinski definition) is 1. The number of anilines is 1. The topological polar surface area (TPSA) is 98.5 Å². The van der Waals surface area contributed by atoms with Gasteiger partial charge in [0.2, 0.25) is 0 Å². The van der Waals surface area contributed by atoms with E-state index in [9.17, 15) is 19.7 Å². The van der Waals surface area contributed by atoms with Crippen LogP contribution >= 0.6 is 11.3 Å². The Bertz CT molecular complexity index is 867. The van der Waals surface area contributed by atoms with E-state index in [-0.39, 0.29) is 11.4 Å². The van der Waals surface area contributed by atoms with Crippen molar-refractivity contribution in [3.05, 3.63) is 55.3 Å². The smallest absolute Gasteiger partial charge is 0.348 e. The molecule has 1 aromatic heterocycles. The number of benzene rings is 1. The van der Waals surface area contributed by atoms with Crippen LogP contribution in [0, 0.1) is 17.0 Å². The van der Waals surface area contributed by atoms with Crippen LogP contribution in [0.2, 0.25) is 0 Å². The molecule has 0 saturated heterocycles. The summed E-state index contributed by atoms with van der Waals surface area (Å²) in [6, 6.07) is 6.38. The number of nitrogens with zero attached hydrogens (tertiary/aromatic N) is 1. The molecule has 1 heterocycles. The SMILES string of the molecule is Cc1cccc([N+](=O)[O-])c1NC(=O)COC(=O)c1cc2c(s1)CCCCC2. The number of rotatable bonds is 5. The van der Waals surface area contributed by atoms with E-state index in [1.165, 1.54) is 34.3 Å². The second-order valence-corrected chi connectivity index (χ2v) is 7.61. The Labute approximate surface area is 160 Å². The van der Waals surface area contributed by atoms with Gasteiger partial charge in [-0.25, -0.2) is 4.79 Å². The van der Waals surface area contributed by atoms with Gasteiger partial charge >= 0.3 is 5.97 Å². The fourth-order valence-corrected chi connectivity index (χ4v) is 4.26. The second kappa shape index (κ2) is 8.30. The number of ether oxygens (including phenoxy) is 1. The highest BCUT2D eigenvalue weighted by atomic mass is 32.1. The molecule has 7 nitrogen and oxygen atoms in total. The zero-order valence-electron chi connectivity index (χ0n) is 14.9. The predicted molar refractivity (Wildman–Crippen MR) is 102 cm³/mol. The van der Waals surface area contributed by atoms with Crippen molar-refractivity contribution in [3.63, 3.8) is 0 Å². The van der Waals surface area contributed by atoms with Crippen molar-refractivity contribution in [3.8, 4) is 0 Å². The van der Waals surface area contributed by atoms with Gasteiger partial charge in [-0.2, -0.15) is 0 Å². The summed E-state index contributed by atoms with van der Waals surface area (Å²) in [5.41, 5.74) is 1.68. The molecular formula is C19H20N2O5S. The van der Waals surface area contributed by atoms with Gasteiger partial charge in [-0.3, -0.25) is 14.9 Å². The van der Waals surface area contributed by atoms with Gasteiger partial charge in [0.1, 0.15) is 10.6 Å². The molecule has 8 heteroatoms. The standard InChI is InChI=1S/C19H20N2O5S/c1-12-6-5-8-14(21(24)25)18(12)20-17(22)11-26-19(23)16-10-13-7-3-2-4-9-15(13)27-16/h5-6,8,10H,2-4,7,9,11H2,1H3,(H,20,22). The van der Waals surface area contributed by atoms with E-state index in [1.807, 2.05) is 6.07 Å². The van der Waals surface area contributed by atoms with Crippen molar-refractivity contribution >= 4 is 34.6 Å². The summed E-state index contributed by atoms with van der Waals surface area (Å²) >= 11 is 1.43. The number of para-hydroxylation sites is 1. The Hall–Kier alpha value is -2.74. The number of fused-ring (bicyclic) bond motifs is 1. The highest BCUT2D eigenvalue weighted by Gasteiger charge is 2.20. The van der Waals surface area contributed by atoms with Crippen molar-refractivity contribution in [2.24, 2.45) is 0 Å². The maximum absolute atomic E-state index is 12.2. The molecular weight excluding hydrogens is 368 g/mol. The lowest BCUT2D eigenvalue weighted by atomic mass is 10.1. The van der Waals surface area contributed by atoms with Crippen LogP contribution in [0.3, 0.4) is 0 Å². The number of nitro benzene ring substituents is 1. The molecule has 27 heavy (non-hydrogen) atoms. The van der Waals surface area contributed by atoms with Crippen molar-refractivity contribution in [1.82, 2.24) is 0 Å². The molecule has 0 spiro atoms. The van der Waals surface area contributed by atoms with Gasteiger partial charge in [-0.1, -0.05) is 18.6 Å². The fraction of sp³-hybridized carbons (Fsp3) is 0.368. The van der Waals surface area contributed by atoms with E-state index in [2.05, 4.69) is 5.32 Å². The third-order valence-electron chi connectivity index (χ3n) is 4.49. The van der Waals surface area contributed by atoms with Crippen molar-refractivity contribution in [1.29, 1.82) is 0 Å². The average Bonchev–Trinajstić information content (AvgIpc) is 2.92. The molecule has 0 aliphatic heterocycles. The monoisotopic (exact) mass is 388 g/mol. The summed E-state index contributed by atoms with van der Waals surface area (Å²) in [6.45, 7) is 1.17. The minimum absolute atomic E-state index is 0.117. The Morgan fingerprint density at radius 1 is 1.26 bits per heavy atom. The summed E-state index contributed by atoms with van der Waals surface area (Å²) in [4.78, 5) is 36.6. The summed E-state index contributed by atoms with van der Waals surface area (Å²) in [6.07, 6.45) is 5.39. The number of nitrogens with one attached hydrogen (secondary N) is 1. The first kappa shape index (κ1) is 19.0. The van der Waals surface area contributed by atoms with Crippen molar-refractivity contribution < 1.29 is 19.2 Å². The number of hydrogen-bond acceptors (Lipinski definition) is 6. The van der Waals surface area contributed by atoms with Crippen LogP contribution < -0.4 is 5.32 Å². The number of carbonyl (C=O) groups is 2. The van der Waals surface area contributed by atoms with Gasteiger partial charge in [0.05, 0.1) is 4.92 Å². The van der Waals surface area contributed by atoms with Gasteiger partial charge in [-0.05, 0) is 49.8 Å². The first-order chi connectivity index (χ1) is 13.0. The summed E-state index contributed by atoms with van der Waals surface area (Å²) in [5.74, 6) is -1.15. The number of carbonyl (C=O) groups excluding carboxylic acids is 2. The number of thiophene rings is 1. The van der Waals surface area contributed by atoms with Gasteiger partial charge in [-0.15, -0.1) is 11.3 Å². The molecule has 0 radical (unpaired) electrons. The molecule has 0 saturated carbocycles. The Morgan fingerprint density at radius 3 is 2.81 bits per heavy atom. The Kier molecular flexibility index (Phi) is 5.85. The van der Waals surface area contributed by atoms with Crippen LogP contribution in [0.15, 0.2) is 24.3 Å². The minimum Gasteiger partial charge on any atom is -0.451 e. The lowest BCUT2D eigenvalue weighted by Gasteiger charge is -2.09. The molecule has 3 rings (SSSR count). The molecule has 0 fully saturated rings. The van der Waals surface area contributed by atoms with E-state index in [0.717, 1.165) is 25.7 Å². The quantitative estimate of drug-likeness (QED) is 0.361. The molecule has 1 aromatic carbocycles. The minimum atomic E-state index is -0.612. The average molecular weight is 388 g/mol. The zero-order chi connectivity index (χ0) is 19.4. The van der Waals surface area contributed by atoms with E-state index < -0.39 is 23.4 Å². The summed E-state index contributed by atoms with van der Waals surface area (Å²) in [7, 11) is 0.